The molecule has 0 atom stereocenters. The van der Waals surface area contributed by atoms with Gasteiger partial charge >= 0.3 is 6.85 Å². The molecule has 0 saturated carbocycles. The Kier molecular flexibility index (Phi) is 6.28. The van der Waals surface area contributed by atoms with E-state index in [1.54, 1.807) is 0 Å². The molecule has 0 unspecified atom stereocenters. The Balaban J connectivity index is 1.33. The monoisotopic (exact) mass is 698 g/mol. The number of rotatable bonds is 2. The Morgan fingerprint density at radius 3 is 2.13 bits per heavy atom. The van der Waals surface area contributed by atoms with Crippen LogP contribution in [0, 0.1) is 0 Å². The molecule has 0 saturated heterocycles. The van der Waals surface area contributed by atoms with Crippen LogP contribution in [0.5, 0.6) is 0 Å². The number of nitrogens with zero attached hydrogens (tertiary/aromatic N) is 2. The van der Waals surface area contributed by atoms with Crippen molar-refractivity contribution in [3.05, 3.63) is 162 Å². The van der Waals surface area contributed by atoms with Crippen molar-refractivity contribution in [2.45, 2.75) is 45.4 Å². The number of hydrogen-bond acceptors (Lipinski definition) is 3. The fraction of sp³-hybridized carbons (Fsp3) is 0.143. The molecular formula is C49H39BN2S. The highest BCUT2D eigenvalue weighted by Gasteiger charge is 2.51. The summed E-state index contributed by atoms with van der Waals surface area (Å²) in [4.78, 5) is 5.36. The minimum atomic E-state index is -0.146. The molecule has 0 N–H and O–H groups in total. The van der Waals surface area contributed by atoms with E-state index >= 15 is 0 Å². The summed E-state index contributed by atoms with van der Waals surface area (Å²) in [7, 11) is 0. The van der Waals surface area contributed by atoms with Crippen molar-refractivity contribution in [2.75, 3.05) is 9.71 Å². The third-order valence-electron chi connectivity index (χ3n) is 12.2. The normalized spacial score (nSPS) is 14.9. The zero-order valence-corrected chi connectivity index (χ0v) is 31.6. The van der Waals surface area contributed by atoms with Gasteiger partial charge in [0.15, 0.2) is 0 Å². The van der Waals surface area contributed by atoms with Crippen LogP contribution in [0.4, 0.5) is 28.4 Å². The SMILES string of the molecule is CC(C)(C)c1ccc(N2c3cc4ccccc4c4c3B(c3sc5ccccc5c32)N2c3ccccc3C(C)(C)c3cccc-4c32)c(-c2ccccc2)c1. The maximum atomic E-state index is 2.72. The zero-order chi connectivity index (χ0) is 35.8. The van der Waals surface area contributed by atoms with Gasteiger partial charge in [0.05, 0.1) is 11.4 Å². The summed E-state index contributed by atoms with van der Waals surface area (Å²) < 4.78 is 2.71. The van der Waals surface area contributed by atoms with Gasteiger partial charge in [-0.2, -0.15) is 0 Å². The molecular weight excluding hydrogens is 659 g/mol. The first-order chi connectivity index (χ1) is 25.7. The van der Waals surface area contributed by atoms with E-state index in [9.17, 15) is 0 Å². The maximum absolute atomic E-state index is 2.72. The molecule has 4 heterocycles. The highest BCUT2D eigenvalue weighted by atomic mass is 32.1. The molecule has 8 aromatic rings. The van der Waals surface area contributed by atoms with Crippen molar-refractivity contribution < 1.29 is 0 Å². The summed E-state index contributed by atoms with van der Waals surface area (Å²) in [6, 6.07) is 55.0. The molecule has 254 valence electrons. The second-order valence-electron chi connectivity index (χ2n) is 16.5. The number of para-hydroxylation sites is 2. The summed E-state index contributed by atoms with van der Waals surface area (Å²) in [5, 5.41) is 3.88. The van der Waals surface area contributed by atoms with Crippen LogP contribution in [0.3, 0.4) is 0 Å². The molecule has 7 aromatic carbocycles. The molecule has 11 rings (SSSR count). The molecule has 0 bridgehead atoms. The quantitative estimate of drug-likeness (QED) is 0.166. The Hall–Kier alpha value is -5.58. The lowest BCUT2D eigenvalue weighted by Crippen LogP contribution is -2.62. The maximum Gasteiger partial charge on any atom is 0.343 e. The average Bonchev–Trinajstić information content (AvgIpc) is 3.56. The summed E-state index contributed by atoms with van der Waals surface area (Å²) in [6.45, 7) is 11.8. The minimum Gasteiger partial charge on any atom is -0.375 e. The molecule has 2 nitrogen and oxygen atoms in total. The van der Waals surface area contributed by atoms with Crippen LogP contribution in [-0.4, -0.2) is 6.85 Å². The Labute approximate surface area is 316 Å². The third kappa shape index (κ3) is 4.16. The number of benzene rings is 7. The first kappa shape index (κ1) is 31.0. The van der Waals surface area contributed by atoms with Gasteiger partial charge in [0.2, 0.25) is 0 Å². The molecule has 0 amide bonds. The van der Waals surface area contributed by atoms with Crippen LogP contribution in [0.25, 0.3) is 43.1 Å². The lowest BCUT2D eigenvalue weighted by molar-refractivity contribution is 0.590. The van der Waals surface area contributed by atoms with Gasteiger partial charge in [-0.1, -0.05) is 150 Å². The van der Waals surface area contributed by atoms with Gasteiger partial charge in [-0.05, 0) is 79.8 Å². The van der Waals surface area contributed by atoms with Crippen molar-refractivity contribution in [3.8, 4) is 22.3 Å². The molecule has 0 aliphatic carbocycles. The first-order valence-corrected chi connectivity index (χ1v) is 19.6. The fourth-order valence-corrected chi connectivity index (χ4v) is 10.9. The van der Waals surface area contributed by atoms with Crippen molar-refractivity contribution in [3.63, 3.8) is 0 Å². The summed E-state index contributed by atoms with van der Waals surface area (Å²) in [6.07, 6.45) is 0. The third-order valence-corrected chi connectivity index (χ3v) is 13.4. The van der Waals surface area contributed by atoms with Crippen molar-refractivity contribution >= 4 is 77.7 Å². The second-order valence-corrected chi connectivity index (χ2v) is 17.6. The van der Waals surface area contributed by atoms with E-state index in [1.807, 2.05) is 11.3 Å². The van der Waals surface area contributed by atoms with Crippen molar-refractivity contribution in [1.82, 2.24) is 0 Å². The smallest absolute Gasteiger partial charge is 0.343 e. The molecule has 3 aliphatic heterocycles. The van der Waals surface area contributed by atoms with Crippen molar-refractivity contribution in [2.24, 2.45) is 0 Å². The van der Waals surface area contributed by atoms with E-state index in [0.29, 0.717) is 0 Å². The van der Waals surface area contributed by atoms with Crippen LogP contribution in [0.15, 0.2) is 146 Å². The number of thiophene rings is 1. The van der Waals surface area contributed by atoms with Gasteiger partial charge in [-0.3, -0.25) is 0 Å². The highest BCUT2D eigenvalue weighted by molar-refractivity contribution is 7.32. The van der Waals surface area contributed by atoms with E-state index in [0.717, 1.165) is 0 Å². The fourth-order valence-electron chi connectivity index (χ4n) is 9.62. The molecule has 0 spiro atoms. The first-order valence-electron chi connectivity index (χ1n) is 18.8. The van der Waals surface area contributed by atoms with E-state index in [4.69, 9.17) is 0 Å². The van der Waals surface area contributed by atoms with Crippen LogP contribution in [0.2, 0.25) is 0 Å². The predicted octanol–water partition coefficient (Wildman–Crippen LogP) is 12.4. The Morgan fingerprint density at radius 2 is 1.30 bits per heavy atom. The number of fused-ring (bicyclic) bond motifs is 10. The number of hydrogen-bond donors (Lipinski definition) is 0. The minimum absolute atomic E-state index is 0.00757. The van der Waals surface area contributed by atoms with E-state index in [1.165, 1.54) is 98.5 Å². The number of anilines is 5. The van der Waals surface area contributed by atoms with Crippen LogP contribution in [0.1, 0.15) is 51.3 Å². The van der Waals surface area contributed by atoms with Crippen LogP contribution >= 0.6 is 11.3 Å². The molecule has 53 heavy (non-hydrogen) atoms. The van der Waals surface area contributed by atoms with Gasteiger partial charge in [0, 0.05) is 48.5 Å². The Bertz CT molecular complexity index is 2820. The van der Waals surface area contributed by atoms with Gasteiger partial charge in [0.1, 0.15) is 0 Å². The molecule has 4 heteroatoms. The summed E-state index contributed by atoms with van der Waals surface area (Å²) in [5.74, 6) is 0. The topological polar surface area (TPSA) is 6.48 Å². The average molecular weight is 699 g/mol. The van der Waals surface area contributed by atoms with Gasteiger partial charge < -0.3 is 9.71 Å². The van der Waals surface area contributed by atoms with Gasteiger partial charge in [0.25, 0.3) is 0 Å². The standard InChI is InChI=1S/C49H39BN2S/c1-48(2,3)32-26-27-39(36(29-32)30-16-7-6-8-17-30)51-41-28-31-18-9-10-19-33(31)43-35-21-15-23-38-45(35)52(40-24-13-12-22-37(40)49(38,4)5)50(44(41)43)47-46(51)34-20-11-14-25-42(34)53-47/h6-29H,1-5H3. The summed E-state index contributed by atoms with van der Waals surface area (Å²) in [5.41, 5.74) is 17.0. The van der Waals surface area contributed by atoms with Crippen LogP contribution in [-0.2, 0) is 10.8 Å². The summed E-state index contributed by atoms with van der Waals surface area (Å²) >= 11 is 1.97. The molecule has 0 radical (unpaired) electrons. The van der Waals surface area contributed by atoms with Gasteiger partial charge in [-0.15, -0.1) is 11.3 Å². The zero-order valence-electron chi connectivity index (χ0n) is 30.7. The molecule has 0 fully saturated rings. The lowest BCUT2D eigenvalue weighted by atomic mass is 9.45. The van der Waals surface area contributed by atoms with E-state index in [2.05, 4.69) is 190 Å². The molecule has 1 aromatic heterocycles. The predicted molar refractivity (Wildman–Crippen MR) is 229 cm³/mol. The van der Waals surface area contributed by atoms with E-state index in [-0.39, 0.29) is 17.7 Å². The lowest BCUT2D eigenvalue weighted by Gasteiger charge is -2.50. The largest absolute Gasteiger partial charge is 0.375 e. The van der Waals surface area contributed by atoms with Gasteiger partial charge in [-0.25, -0.2) is 0 Å². The highest BCUT2D eigenvalue weighted by Crippen LogP contribution is 2.58. The van der Waals surface area contributed by atoms with Crippen molar-refractivity contribution in [1.29, 1.82) is 0 Å². The van der Waals surface area contributed by atoms with Crippen LogP contribution < -0.4 is 20.0 Å². The van der Waals surface area contributed by atoms with E-state index < -0.39 is 0 Å². The second kappa shape index (κ2) is 10.7. The molecule has 3 aliphatic rings. The Morgan fingerprint density at radius 1 is 0.585 bits per heavy atom.